The molecule has 1 aliphatic rings. The van der Waals surface area contributed by atoms with Crippen molar-refractivity contribution >= 4 is 0 Å². The monoisotopic (exact) mass is 297 g/mol. The fourth-order valence-electron chi connectivity index (χ4n) is 3.38. The fourth-order valence-corrected chi connectivity index (χ4v) is 3.38. The smallest absolute Gasteiger partial charge is 0.0128 e. The van der Waals surface area contributed by atoms with Crippen LogP contribution in [0.3, 0.4) is 0 Å². The molecule has 1 atom stereocenters. The Balaban J connectivity index is 2.30. The summed E-state index contributed by atoms with van der Waals surface area (Å²) < 4.78 is 0. The maximum Gasteiger partial charge on any atom is 0.0128 e. The molecule has 0 radical (unpaired) electrons. The molecule has 0 aromatic heterocycles. The lowest BCUT2D eigenvalue weighted by molar-refractivity contribution is 0.145. The summed E-state index contributed by atoms with van der Waals surface area (Å²) in [6, 6.07) is 0.636. The maximum atomic E-state index is 3.75. The SMILES string of the molecule is CCCNC(CCN1CCC(CN(C)C)CC1)C(C)(C)C. The second-order valence-electron chi connectivity index (χ2n) is 8.21. The van der Waals surface area contributed by atoms with Crippen molar-refractivity contribution in [2.75, 3.05) is 46.8 Å². The summed E-state index contributed by atoms with van der Waals surface area (Å²) in [5.74, 6) is 0.910. The van der Waals surface area contributed by atoms with Crippen molar-refractivity contribution in [2.24, 2.45) is 11.3 Å². The van der Waals surface area contributed by atoms with Crippen molar-refractivity contribution in [3.05, 3.63) is 0 Å². The Bertz CT molecular complexity index is 262. The number of likely N-dealkylation sites (tertiary alicyclic amines) is 1. The van der Waals surface area contributed by atoms with Gasteiger partial charge in [0.25, 0.3) is 0 Å². The molecule has 0 amide bonds. The number of hydrogen-bond acceptors (Lipinski definition) is 3. The van der Waals surface area contributed by atoms with E-state index in [9.17, 15) is 0 Å². The fraction of sp³-hybridized carbons (Fsp3) is 1.00. The quantitative estimate of drug-likeness (QED) is 0.743. The van der Waals surface area contributed by atoms with E-state index >= 15 is 0 Å². The third kappa shape index (κ3) is 7.62. The number of nitrogens with zero attached hydrogens (tertiary/aromatic N) is 2. The summed E-state index contributed by atoms with van der Waals surface area (Å²) in [5.41, 5.74) is 0.360. The van der Waals surface area contributed by atoms with Crippen LogP contribution in [0.5, 0.6) is 0 Å². The third-order valence-corrected chi connectivity index (χ3v) is 4.75. The highest BCUT2D eigenvalue weighted by Crippen LogP contribution is 2.23. The van der Waals surface area contributed by atoms with E-state index in [1.165, 1.54) is 51.9 Å². The van der Waals surface area contributed by atoms with Gasteiger partial charge in [0.2, 0.25) is 0 Å². The van der Waals surface area contributed by atoms with E-state index in [2.05, 4.69) is 56.9 Å². The molecular weight excluding hydrogens is 258 g/mol. The molecule has 126 valence electrons. The van der Waals surface area contributed by atoms with Gasteiger partial charge in [0.1, 0.15) is 0 Å². The van der Waals surface area contributed by atoms with Crippen LogP contribution in [-0.4, -0.2) is 62.7 Å². The number of rotatable bonds is 8. The first-order chi connectivity index (χ1) is 9.82. The lowest BCUT2D eigenvalue weighted by Crippen LogP contribution is -2.44. The first kappa shape index (κ1) is 18.9. The van der Waals surface area contributed by atoms with Crippen LogP contribution in [0.25, 0.3) is 0 Å². The van der Waals surface area contributed by atoms with Crippen LogP contribution in [0.4, 0.5) is 0 Å². The molecule has 3 heteroatoms. The van der Waals surface area contributed by atoms with Gasteiger partial charge in [-0.05, 0) is 77.3 Å². The van der Waals surface area contributed by atoms with Crippen molar-refractivity contribution in [1.29, 1.82) is 0 Å². The van der Waals surface area contributed by atoms with Crippen molar-refractivity contribution in [2.45, 2.75) is 59.4 Å². The molecular formula is C18H39N3. The zero-order valence-electron chi connectivity index (χ0n) is 15.4. The number of hydrogen-bond donors (Lipinski definition) is 1. The van der Waals surface area contributed by atoms with E-state index in [4.69, 9.17) is 0 Å². The Hall–Kier alpha value is -0.120. The molecule has 0 saturated carbocycles. The molecule has 1 fully saturated rings. The highest BCUT2D eigenvalue weighted by Gasteiger charge is 2.25. The summed E-state index contributed by atoms with van der Waals surface area (Å²) in [4.78, 5) is 5.02. The van der Waals surface area contributed by atoms with E-state index in [0.29, 0.717) is 11.5 Å². The zero-order valence-corrected chi connectivity index (χ0v) is 15.4. The second kappa shape index (κ2) is 9.12. The van der Waals surface area contributed by atoms with E-state index in [0.717, 1.165) is 12.5 Å². The summed E-state index contributed by atoms with van der Waals surface area (Å²) in [5, 5.41) is 3.75. The predicted molar refractivity (Wildman–Crippen MR) is 93.9 cm³/mol. The molecule has 1 N–H and O–H groups in total. The molecule has 1 rings (SSSR count). The summed E-state index contributed by atoms with van der Waals surface area (Å²) in [7, 11) is 4.39. The largest absolute Gasteiger partial charge is 0.313 e. The molecule has 1 aliphatic heterocycles. The summed E-state index contributed by atoms with van der Waals surface area (Å²) in [6.07, 6.45) is 5.26. The normalized spacial score (nSPS) is 20.1. The molecule has 0 aliphatic carbocycles. The first-order valence-corrected chi connectivity index (χ1v) is 8.93. The van der Waals surface area contributed by atoms with Gasteiger partial charge < -0.3 is 15.1 Å². The van der Waals surface area contributed by atoms with Crippen LogP contribution in [0.2, 0.25) is 0 Å². The van der Waals surface area contributed by atoms with Crippen molar-refractivity contribution < 1.29 is 0 Å². The first-order valence-electron chi connectivity index (χ1n) is 8.93. The Morgan fingerprint density at radius 2 is 1.81 bits per heavy atom. The molecule has 21 heavy (non-hydrogen) atoms. The molecule has 0 aromatic rings. The molecule has 3 nitrogen and oxygen atoms in total. The summed E-state index contributed by atoms with van der Waals surface area (Å²) >= 11 is 0. The molecule has 0 bridgehead atoms. The van der Waals surface area contributed by atoms with Crippen molar-refractivity contribution in [3.8, 4) is 0 Å². The average molecular weight is 298 g/mol. The van der Waals surface area contributed by atoms with Gasteiger partial charge >= 0.3 is 0 Å². The average Bonchev–Trinajstić information content (AvgIpc) is 2.38. The third-order valence-electron chi connectivity index (χ3n) is 4.75. The van der Waals surface area contributed by atoms with Gasteiger partial charge in [0.05, 0.1) is 0 Å². The van der Waals surface area contributed by atoms with Crippen molar-refractivity contribution in [3.63, 3.8) is 0 Å². The molecule has 1 saturated heterocycles. The highest BCUT2D eigenvalue weighted by molar-refractivity contribution is 4.82. The Labute approximate surface area is 133 Å². The lowest BCUT2D eigenvalue weighted by atomic mass is 9.84. The van der Waals surface area contributed by atoms with Crippen LogP contribution >= 0.6 is 0 Å². The Morgan fingerprint density at radius 3 is 2.29 bits per heavy atom. The molecule has 0 aromatic carbocycles. The van der Waals surface area contributed by atoms with Gasteiger partial charge in [-0.15, -0.1) is 0 Å². The van der Waals surface area contributed by atoms with Gasteiger partial charge in [0, 0.05) is 12.6 Å². The van der Waals surface area contributed by atoms with Gasteiger partial charge in [-0.3, -0.25) is 0 Å². The lowest BCUT2D eigenvalue weighted by Gasteiger charge is -2.36. The van der Waals surface area contributed by atoms with Gasteiger partial charge in [-0.2, -0.15) is 0 Å². The second-order valence-corrected chi connectivity index (χ2v) is 8.21. The topological polar surface area (TPSA) is 18.5 Å². The molecule has 0 spiro atoms. The van der Waals surface area contributed by atoms with Gasteiger partial charge in [0.15, 0.2) is 0 Å². The van der Waals surface area contributed by atoms with E-state index in [-0.39, 0.29) is 0 Å². The maximum absolute atomic E-state index is 3.75. The van der Waals surface area contributed by atoms with Crippen LogP contribution in [0, 0.1) is 11.3 Å². The van der Waals surface area contributed by atoms with Crippen LogP contribution < -0.4 is 5.32 Å². The standard InChI is InChI=1S/C18H39N3/c1-7-11-19-17(18(2,3)4)10-14-21-12-8-16(9-13-21)15-20(5)6/h16-17,19H,7-15H2,1-6H3. The van der Waals surface area contributed by atoms with Crippen molar-refractivity contribution in [1.82, 2.24) is 15.1 Å². The van der Waals surface area contributed by atoms with E-state index in [1.807, 2.05) is 0 Å². The summed E-state index contributed by atoms with van der Waals surface area (Å²) in [6.45, 7) is 15.6. The minimum atomic E-state index is 0.360. The molecule has 1 unspecified atom stereocenters. The van der Waals surface area contributed by atoms with Gasteiger partial charge in [-0.25, -0.2) is 0 Å². The van der Waals surface area contributed by atoms with E-state index < -0.39 is 0 Å². The van der Waals surface area contributed by atoms with Crippen LogP contribution in [0.15, 0.2) is 0 Å². The Kier molecular flexibility index (Phi) is 8.22. The van der Waals surface area contributed by atoms with E-state index in [1.54, 1.807) is 0 Å². The van der Waals surface area contributed by atoms with Crippen LogP contribution in [0.1, 0.15) is 53.4 Å². The minimum absolute atomic E-state index is 0.360. The zero-order chi connectivity index (χ0) is 15.9. The minimum Gasteiger partial charge on any atom is -0.313 e. The Morgan fingerprint density at radius 1 is 1.19 bits per heavy atom. The highest BCUT2D eigenvalue weighted by atomic mass is 15.1. The molecule has 1 heterocycles. The predicted octanol–water partition coefficient (Wildman–Crippen LogP) is 3.06. The van der Waals surface area contributed by atoms with Gasteiger partial charge in [-0.1, -0.05) is 27.7 Å². The van der Waals surface area contributed by atoms with Crippen LogP contribution in [-0.2, 0) is 0 Å². The number of nitrogens with one attached hydrogen (secondary N) is 1. The number of piperidine rings is 1.